The first kappa shape index (κ1) is 11.6. The van der Waals surface area contributed by atoms with Gasteiger partial charge in [-0.05, 0) is 11.5 Å². The standard InChI is InChI=1S/C11H13BrF2/c1-11(2,3)10(12)8-5-4-7(13)6-9(8)14/h4-6,10H,1-3H3. The fraction of sp³-hybridized carbons (Fsp3) is 0.455. The van der Waals surface area contributed by atoms with E-state index in [2.05, 4.69) is 15.9 Å². The van der Waals surface area contributed by atoms with Crippen LogP contribution in [0.25, 0.3) is 0 Å². The van der Waals surface area contributed by atoms with E-state index in [1.807, 2.05) is 20.8 Å². The molecular formula is C11H13BrF2. The monoisotopic (exact) mass is 262 g/mol. The number of rotatable bonds is 1. The summed E-state index contributed by atoms with van der Waals surface area (Å²) >= 11 is 3.42. The Morgan fingerprint density at radius 1 is 1.21 bits per heavy atom. The molecule has 0 radical (unpaired) electrons. The molecule has 1 rings (SSSR count). The smallest absolute Gasteiger partial charge is 0.130 e. The quantitative estimate of drug-likeness (QED) is 0.657. The second-order valence-electron chi connectivity index (χ2n) is 4.39. The fourth-order valence-corrected chi connectivity index (χ4v) is 1.54. The van der Waals surface area contributed by atoms with Crippen molar-refractivity contribution in [2.24, 2.45) is 5.41 Å². The highest BCUT2D eigenvalue weighted by Crippen LogP contribution is 2.40. The summed E-state index contributed by atoms with van der Waals surface area (Å²) in [4.78, 5) is -0.115. The van der Waals surface area contributed by atoms with Crippen molar-refractivity contribution in [3.8, 4) is 0 Å². The normalized spacial score (nSPS) is 14.1. The van der Waals surface area contributed by atoms with Crippen LogP contribution in [0.15, 0.2) is 18.2 Å². The molecule has 0 aromatic heterocycles. The maximum atomic E-state index is 13.4. The third-order valence-corrected chi connectivity index (χ3v) is 3.86. The predicted octanol–water partition coefficient (Wildman–Crippen LogP) is 4.45. The van der Waals surface area contributed by atoms with Gasteiger partial charge in [0.15, 0.2) is 0 Å². The zero-order chi connectivity index (χ0) is 10.9. The average molecular weight is 263 g/mol. The lowest BCUT2D eigenvalue weighted by molar-refractivity contribution is 0.397. The van der Waals surface area contributed by atoms with Crippen molar-refractivity contribution < 1.29 is 8.78 Å². The van der Waals surface area contributed by atoms with E-state index in [-0.39, 0.29) is 10.2 Å². The van der Waals surface area contributed by atoms with E-state index in [9.17, 15) is 8.78 Å². The largest absolute Gasteiger partial charge is 0.207 e. The Labute approximate surface area is 91.5 Å². The molecule has 0 nitrogen and oxygen atoms in total. The van der Waals surface area contributed by atoms with Gasteiger partial charge in [0.05, 0.1) is 0 Å². The van der Waals surface area contributed by atoms with E-state index in [4.69, 9.17) is 0 Å². The molecule has 1 aromatic rings. The van der Waals surface area contributed by atoms with Crippen molar-refractivity contribution in [1.29, 1.82) is 0 Å². The van der Waals surface area contributed by atoms with Gasteiger partial charge in [-0.25, -0.2) is 8.78 Å². The van der Waals surface area contributed by atoms with Crippen molar-refractivity contribution in [3.05, 3.63) is 35.4 Å². The fourth-order valence-electron chi connectivity index (χ4n) is 1.17. The van der Waals surface area contributed by atoms with E-state index in [1.54, 1.807) is 0 Å². The van der Waals surface area contributed by atoms with Gasteiger partial charge >= 0.3 is 0 Å². The topological polar surface area (TPSA) is 0 Å². The number of benzene rings is 1. The number of hydrogen-bond donors (Lipinski definition) is 0. The highest BCUT2D eigenvalue weighted by Gasteiger charge is 2.25. The second-order valence-corrected chi connectivity index (χ2v) is 5.31. The lowest BCUT2D eigenvalue weighted by Gasteiger charge is -2.26. The van der Waals surface area contributed by atoms with Crippen molar-refractivity contribution in [1.82, 2.24) is 0 Å². The molecule has 0 saturated carbocycles. The summed E-state index contributed by atoms with van der Waals surface area (Å²) in [6, 6.07) is 3.67. The molecule has 1 unspecified atom stereocenters. The molecule has 1 aromatic carbocycles. The molecule has 0 aliphatic rings. The zero-order valence-electron chi connectivity index (χ0n) is 8.44. The highest BCUT2D eigenvalue weighted by atomic mass is 79.9. The summed E-state index contributed by atoms with van der Waals surface area (Å²) in [7, 11) is 0. The van der Waals surface area contributed by atoms with Gasteiger partial charge in [0.1, 0.15) is 11.6 Å². The number of alkyl halides is 1. The van der Waals surface area contributed by atoms with Gasteiger partial charge in [-0.3, -0.25) is 0 Å². The lowest BCUT2D eigenvalue weighted by atomic mass is 9.88. The summed E-state index contributed by atoms with van der Waals surface area (Å²) < 4.78 is 26.0. The Balaban J connectivity index is 3.08. The third-order valence-electron chi connectivity index (χ3n) is 2.00. The number of hydrogen-bond acceptors (Lipinski definition) is 0. The van der Waals surface area contributed by atoms with Crippen LogP contribution in [0.1, 0.15) is 31.2 Å². The van der Waals surface area contributed by atoms with Crippen LogP contribution in [-0.4, -0.2) is 0 Å². The Morgan fingerprint density at radius 2 is 1.79 bits per heavy atom. The van der Waals surface area contributed by atoms with Gasteiger partial charge in [-0.2, -0.15) is 0 Å². The Bertz CT molecular complexity index is 329. The maximum absolute atomic E-state index is 13.4. The molecule has 0 amide bonds. The molecule has 0 saturated heterocycles. The molecule has 1 atom stereocenters. The molecule has 78 valence electrons. The lowest BCUT2D eigenvalue weighted by Crippen LogP contribution is -2.14. The van der Waals surface area contributed by atoms with Crippen LogP contribution >= 0.6 is 15.9 Å². The van der Waals surface area contributed by atoms with Gasteiger partial charge < -0.3 is 0 Å². The van der Waals surface area contributed by atoms with Gasteiger partial charge in [-0.1, -0.05) is 42.8 Å². The first-order valence-electron chi connectivity index (χ1n) is 4.41. The third kappa shape index (κ3) is 2.53. The van der Waals surface area contributed by atoms with E-state index in [1.165, 1.54) is 12.1 Å². The molecule has 0 heterocycles. The van der Waals surface area contributed by atoms with Crippen LogP contribution in [0.4, 0.5) is 8.78 Å². The first-order valence-corrected chi connectivity index (χ1v) is 5.33. The average Bonchev–Trinajstić information content (AvgIpc) is 2.01. The van der Waals surface area contributed by atoms with Gasteiger partial charge in [0.2, 0.25) is 0 Å². The van der Waals surface area contributed by atoms with Gasteiger partial charge in [0, 0.05) is 16.5 Å². The molecule has 0 aliphatic carbocycles. The molecule has 14 heavy (non-hydrogen) atoms. The molecule has 0 bridgehead atoms. The van der Waals surface area contributed by atoms with Gasteiger partial charge in [0.25, 0.3) is 0 Å². The summed E-state index contributed by atoms with van der Waals surface area (Å²) in [6.45, 7) is 5.99. The minimum Gasteiger partial charge on any atom is -0.207 e. The number of halogens is 3. The maximum Gasteiger partial charge on any atom is 0.130 e. The van der Waals surface area contributed by atoms with Gasteiger partial charge in [-0.15, -0.1) is 0 Å². The SMILES string of the molecule is CC(C)(C)C(Br)c1ccc(F)cc1F. The van der Waals surface area contributed by atoms with Crippen LogP contribution in [0.2, 0.25) is 0 Å². The molecule has 0 fully saturated rings. The molecule has 3 heteroatoms. The van der Waals surface area contributed by atoms with Crippen molar-refractivity contribution in [2.45, 2.75) is 25.6 Å². The van der Waals surface area contributed by atoms with E-state index in [0.717, 1.165) is 6.07 Å². The van der Waals surface area contributed by atoms with Crippen LogP contribution in [0.3, 0.4) is 0 Å². The zero-order valence-corrected chi connectivity index (χ0v) is 10.0. The molecular weight excluding hydrogens is 250 g/mol. The van der Waals surface area contributed by atoms with Crippen LogP contribution in [-0.2, 0) is 0 Å². The molecule has 0 N–H and O–H groups in total. The molecule has 0 aliphatic heterocycles. The summed E-state index contributed by atoms with van der Waals surface area (Å²) in [5, 5.41) is 0. The van der Waals surface area contributed by atoms with Crippen molar-refractivity contribution in [3.63, 3.8) is 0 Å². The highest BCUT2D eigenvalue weighted by molar-refractivity contribution is 9.09. The Kier molecular flexibility index (Phi) is 3.30. The Morgan fingerprint density at radius 3 is 2.21 bits per heavy atom. The van der Waals surface area contributed by atoms with Crippen molar-refractivity contribution >= 4 is 15.9 Å². The summed E-state index contributed by atoms with van der Waals surface area (Å²) in [6.07, 6.45) is 0. The first-order chi connectivity index (χ1) is 6.32. The van der Waals surface area contributed by atoms with Crippen LogP contribution < -0.4 is 0 Å². The van der Waals surface area contributed by atoms with Crippen LogP contribution in [0, 0.1) is 17.0 Å². The van der Waals surface area contributed by atoms with Crippen LogP contribution in [0.5, 0.6) is 0 Å². The van der Waals surface area contributed by atoms with E-state index >= 15 is 0 Å². The molecule has 0 spiro atoms. The predicted molar refractivity (Wildman–Crippen MR) is 57.5 cm³/mol. The van der Waals surface area contributed by atoms with E-state index in [0.29, 0.717) is 5.56 Å². The second kappa shape index (κ2) is 3.97. The minimum absolute atomic E-state index is 0.0985. The Hall–Kier alpha value is -0.440. The summed E-state index contributed by atoms with van der Waals surface area (Å²) in [5.74, 6) is -1.04. The van der Waals surface area contributed by atoms with Crippen molar-refractivity contribution in [2.75, 3.05) is 0 Å². The van der Waals surface area contributed by atoms with E-state index < -0.39 is 11.6 Å². The summed E-state index contributed by atoms with van der Waals surface area (Å²) in [5.41, 5.74) is 0.400. The minimum atomic E-state index is -0.542.